The molecular weight excluding hydrogens is 602 g/mol. The molecule has 0 atom stereocenters. The molecule has 1 fully saturated rings. The van der Waals surface area contributed by atoms with Crippen molar-refractivity contribution in [3.05, 3.63) is 94.0 Å². The van der Waals surface area contributed by atoms with Gasteiger partial charge in [-0.1, -0.05) is 23.7 Å². The Morgan fingerprint density at radius 1 is 0.955 bits per heavy atom. The molecule has 0 radical (unpaired) electrons. The molecule has 44 heavy (non-hydrogen) atoms. The molecule has 3 aromatic rings. The van der Waals surface area contributed by atoms with E-state index >= 15 is 0 Å². The number of nitrogens with one attached hydrogen (secondary N) is 2. The number of hydrogen-bond acceptors (Lipinski definition) is 6. The van der Waals surface area contributed by atoms with E-state index in [9.17, 15) is 18.0 Å². The summed E-state index contributed by atoms with van der Waals surface area (Å²) in [5.41, 5.74) is 4.31. The summed E-state index contributed by atoms with van der Waals surface area (Å²) in [7, 11) is -3.67. The van der Waals surface area contributed by atoms with Gasteiger partial charge < -0.3 is 20.3 Å². The number of carbonyl (C=O) groups is 2. The number of unbranched alkanes of at least 4 members (excludes halogenated alkanes) is 1. The number of benzene rings is 3. The molecule has 0 aromatic heterocycles. The van der Waals surface area contributed by atoms with Crippen molar-refractivity contribution in [2.45, 2.75) is 45.4 Å². The lowest BCUT2D eigenvalue weighted by Crippen LogP contribution is -2.34. The van der Waals surface area contributed by atoms with Crippen LogP contribution in [0.5, 0.6) is 5.75 Å². The molecule has 1 aliphatic rings. The predicted octanol–water partition coefficient (Wildman–Crippen LogP) is 6.19. The maximum atomic E-state index is 12.5. The number of ether oxygens (including phenoxy) is 1. The second-order valence-corrected chi connectivity index (χ2v) is 12.7. The van der Waals surface area contributed by atoms with Gasteiger partial charge in [0.2, 0.25) is 0 Å². The van der Waals surface area contributed by atoms with Gasteiger partial charge in [-0.05, 0) is 131 Å². The first-order valence-electron chi connectivity index (χ1n) is 14.8. The highest BCUT2D eigenvalue weighted by Crippen LogP contribution is 2.35. The number of hydrogen-bond donors (Lipinski definition) is 3. The van der Waals surface area contributed by atoms with Crippen LogP contribution >= 0.6 is 11.6 Å². The Balaban J connectivity index is 0.000000978. The predicted molar refractivity (Wildman–Crippen MR) is 176 cm³/mol. The monoisotopic (exact) mass is 643 g/mol. The zero-order chi connectivity index (χ0) is 32.1. The van der Waals surface area contributed by atoms with Crippen LogP contribution in [0, 0.1) is 6.92 Å². The minimum Gasteiger partial charge on any atom is -0.494 e. The van der Waals surface area contributed by atoms with Gasteiger partial charge in [-0.2, -0.15) is 8.42 Å². The summed E-state index contributed by atoms with van der Waals surface area (Å²) in [4.78, 5) is 27.4. The van der Waals surface area contributed by atoms with Crippen molar-refractivity contribution >= 4 is 39.2 Å². The number of halogens is 1. The van der Waals surface area contributed by atoms with E-state index in [0.29, 0.717) is 47.2 Å². The zero-order valence-corrected chi connectivity index (χ0v) is 27.1. The summed E-state index contributed by atoms with van der Waals surface area (Å²) in [5.74, 6) is 1.27. The van der Waals surface area contributed by atoms with E-state index in [2.05, 4.69) is 40.7 Å². The first-order valence-corrected chi connectivity index (χ1v) is 17.0. The van der Waals surface area contributed by atoms with Gasteiger partial charge in [-0.3, -0.25) is 14.1 Å². The van der Waals surface area contributed by atoms with Crippen molar-refractivity contribution < 1.29 is 27.3 Å². The normalized spacial score (nSPS) is 13.8. The van der Waals surface area contributed by atoms with Gasteiger partial charge in [0.25, 0.3) is 21.9 Å². The van der Waals surface area contributed by atoms with Crippen LogP contribution in [0.1, 0.15) is 70.4 Å². The van der Waals surface area contributed by atoms with E-state index < -0.39 is 10.1 Å². The quantitative estimate of drug-likeness (QED) is 0.168. The number of likely N-dealkylation sites (tertiary alicyclic amines) is 1. The Morgan fingerprint density at radius 3 is 2.16 bits per heavy atom. The molecule has 1 saturated heterocycles. The molecule has 0 bridgehead atoms. The van der Waals surface area contributed by atoms with E-state index in [1.54, 1.807) is 48.5 Å². The van der Waals surface area contributed by atoms with Crippen LogP contribution in [0.25, 0.3) is 0 Å². The van der Waals surface area contributed by atoms with Crippen molar-refractivity contribution in [1.82, 2.24) is 10.2 Å². The average Bonchev–Trinajstić information content (AvgIpc) is 2.97. The molecule has 3 aromatic carbocycles. The van der Waals surface area contributed by atoms with E-state index in [4.69, 9.17) is 20.9 Å². The fraction of sp³-hybridized carbons (Fsp3) is 0.394. The highest BCUT2D eigenvalue weighted by molar-refractivity contribution is 7.85. The Morgan fingerprint density at radius 2 is 1.55 bits per heavy atom. The van der Waals surface area contributed by atoms with E-state index in [-0.39, 0.29) is 11.8 Å². The lowest BCUT2D eigenvalue weighted by molar-refractivity contribution is 0.0951. The lowest BCUT2D eigenvalue weighted by Gasteiger charge is -2.33. The van der Waals surface area contributed by atoms with Crippen LogP contribution < -0.4 is 15.4 Å². The molecule has 238 valence electrons. The minimum atomic E-state index is -3.67. The van der Waals surface area contributed by atoms with Crippen molar-refractivity contribution in [2.75, 3.05) is 44.4 Å². The summed E-state index contributed by atoms with van der Waals surface area (Å²) in [6.07, 6.45) is 5.00. The largest absolute Gasteiger partial charge is 0.494 e. The number of amides is 2. The molecule has 2 amide bonds. The summed E-state index contributed by atoms with van der Waals surface area (Å²) >= 11 is 5.88. The third kappa shape index (κ3) is 12.3. The maximum absolute atomic E-state index is 12.5. The Bertz CT molecular complexity index is 1460. The minimum absolute atomic E-state index is 0.102. The number of anilines is 1. The standard InChI is InChI=1S/C32H38ClN3O3.CH4O3S/c1-3-39-30-22-23(2)6-15-29(30)24-16-20-36(21-17-24)19-5-4-18-34-31(37)25-9-13-28(14-10-25)35-32(38)26-7-11-27(33)12-8-26;1-5(2,3)4/h6-15,22,24H,3-5,16-21H2,1-2H3,(H,34,37)(H,35,38);1H3,(H,2,3,4). The highest BCUT2D eigenvalue weighted by atomic mass is 35.5. The Labute approximate surface area is 265 Å². The molecule has 1 aliphatic heterocycles. The average molecular weight is 644 g/mol. The molecule has 0 saturated carbocycles. The molecule has 0 aliphatic carbocycles. The SMILES string of the molecule is CCOc1cc(C)ccc1C1CCN(CCCCNC(=O)c2ccc(NC(=O)c3ccc(Cl)cc3)cc2)CC1.CS(=O)(=O)O. The second-order valence-electron chi connectivity index (χ2n) is 10.8. The van der Waals surface area contributed by atoms with E-state index in [0.717, 1.165) is 51.1 Å². The molecular formula is C33H42ClN3O6S. The Kier molecular flexibility index (Phi) is 13.7. The first-order chi connectivity index (χ1) is 20.9. The van der Waals surface area contributed by atoms with E-state index in [1.165, 1.54) is 11.1 Å². The van der Waals surface area contributed by atoms with Gasteiger partial charge in [-0.25, -0.2) is 0 Å². The van der Waals surface area contributed by atoms with Crippen molar-refractivity contribution in [1.29, 1.82) is 0 Å². The summed E-state index contributed by atoms with van der Waals surface area (Å²) in [5, 5.41) is 6.42. The van der Waals surface area contributed by atoms with Crippen molar-refractivity contribution in [2.24, 2.45) is 0 Å². The second kappa shape index (κ2) is 17.2. The van der Waals surface area contributed by atoms with Gasteiger partial charge in [0.1, 0.15) is 5.75 Å². The van der Waals surface area contributed by atoms with E-state index in [1.807, 2.05) is 6.92 Å². The third-order valence-electron chi connectivity index (χ3n) is 7.19. The van der Waals surface area contributed by atoms with Gasteiger partial charge in [0.05, 0.1) is 12.9 Å². The fourth-order valence-electron chi connectivity index (χ4n) is 5.00. The maximum Gasteiger partial charge on any atom is 0.261 e. The highest BCUT2D eigenvalue weighted by Gasteiger charge is 2.23. The van der Waals surface area contributed by atoms with Gasteiger partial charge in [-0.15, -0.1) is 0 Å². The molecule has 9 nitrogen and oxygen atoms in total. The topological polar surface area (TPSA) is 125 Å². The first kappa shape index (κ1) is 35.0. The summed E-state index contributed by atoms with van der Waals surface area (Å²) in [6, 6.07) is 20.2. The van der Waals surface area contributed by atoms with Crippen LogP contribution in [-0.4, -0.2) is 68.7 Å². The molecule has 1 heterocycles. The van der Waals surface area contributed by atoms with Crippen LogP contribution in [0.2, 0.25) is 5.02 Å². The zero-order valence-electron chi connectivity index (χ0n) is 25.5. The van der Waals surface area contributed by atoms with Crippen molar-refractivity contribution in [3.63, 3.8) is 0 Å². The summed E-state index contributed by atoms with van der Waals surface area (Å²) in [6.45, 7) is 8.73. The number of aryl methyl sites for hydroxylation is 1. The number of carbonyl (C=O) groups excluding carboxylic acids is 2. The number of rotatable bonds is 11. The van der Waals surface area contributed by atoms with Gasteiger partial charge in [0, 0.05) is 28.4 Å². The van der Waals surface area contributed by atoms with Crippen LogP contribution in [0.15, 0.2) is 66.7 Å². The number of nitrogens with zero attached hydrogens (tertiary/aromatic N) is 1. The van der Waals surface area contributed by atoms with Crippen molar-refractivity contribution in [3.8, 4) is 5.75 Å². The lowest BCUT2D eigenvalue weighted by atomic mass is 9.88. The van der Waals surface area contributed by atoms with Crippen LogP contribution in [0.3, 0.4) is 0 Å². The number of piperidine rings is 1. The molecule has 4 rings (SSSR count). The van der Waals surface area contributed by atoms with Crippen LogP contribution in [-0.2, 0) is 10.1 Å². The molecule has 11 heteroatoms. The van der Waals surface area contributed by atoms with Gasteiger partial charge in [0.15, 0.2) is 0 Å². The van der Waals surface area contributed by atoms with Crippen LogP contribution in [0.4, 0.5) is 5.69 Å². The molecule has 0 spiro atoms. The smallest absolute Gasteiger partial charge is 0.261 e. The fourth-order valence-corrected chi connectivity index (χ4v) is 5.13. The molecule has 0 unspecified atom stereocenters. The Hall–Kier alpha value is -3.44. The van der Waals surface area contributed by atoms with Gasteiger partial charge >= 0.3 is 0 Å². The third-order valence-corrected chi connectivity index (χ3v) is 7.45. The molecule has 3 N–H and O–H groups in total. The summed E-state index contributed by atoms with van der Waals surface area (Å²) < 4.78 is 31.8.